The number of methoxy groups -OCH3 is 2. The summed E-state index contributed by atoms with van der Waals surface area (Å²) in [5.41, 5.74) is 1.27. The summed E-state index contributed by atoms with van der Waals surface area (Å²) in [5.74, 6) is -0.0706. The summed E-state index contributed by atoms with van der Waals surface area (Å²) < 4.78 is 11.9. The van der Waals surface area contributed by atoms with Gasteiger partial charge in [0.1, 0.15) is 5.69 Å². The first-order valence-corrected chi connectivity index (χ1v) is 7.67. The van der Waals surface area contributed by atoms with Crippen molar-refractivity contribution in [3.05, 3.63) is 17.5 Å². The first kappa shape index (κ1) is 16.9. The molecule has 124 valence electrons. The normalized spacial score (nSPS) is 19.3. The molecule has 1 N–H and O–H groups in total. The average Bonchev–Trinajstić information content (AvgIpc) is 2.87. The highest BCUT2D eigenvalue weighted by molar-refractivity contribution is 5.95. The Morgan fingerprint density at radius 2 is 2.27 bits per heavy atom. The molecule has 2 rings (SSSR count). The molecule has 1 amide bonds. The van der Waals surface area contributed by atoms with Gasteiger partial charge in [-0.25, -0.2) is 0 Å². The molecule has 7 nitrogen and oxygen atoms in total. The molecule has 1 atom stereocenters. The number of hydrogen-bond donors (Lipinski definition) is 1. The zero-order valence-corrected chi connectivity index (χ0v) is 13.7. The molecule has 1 aromatic rings. The molecule has 0 radical (unpaired) electrons. The third-order valence-electron chi connectivity index (χ3n) is 3.88. The van der Waals surface area contributed by atoms with Gasteiger partial charge >= 0.3 is 0 Å². The second kappa shape index (κ2) is 8.26. The quantitative estimate of drug-likeness (QED) is 0.790. The minimum Gasteiger partial charge on any atom is -0.383 e. The van der Waals surface area contributed by atoms with E-state index in [1.807, 2.05) is 7.05 Å². The number of hydrogen-bond acceptors (Lipinski definition) is 5. The van der Waals surface area contributed by atoms with Crippen LogP contribution in [0, 0.1) is 0 Å². The van der Waals surface area contributed by atoms with Crippen LogP contribution in [-0.2, 0) is 23.1 Å². The minimum absolute atomic E-state index is 0.0706. The molecule has 1 aliphatic rings. The van der Waals surface area contributed by atoms with E-state index in [0.717, 1.165) is 39.1 Å². The summed E-state index contributed by atoms with van der Waals surface area (Å²) >= 11 is 0. The number of carbonyl (C=O) groups excluding carboxylic acids is 1. The standard InChI is InChI=1S/C15H26N4O3/c1-18-10-13(14(17-18)11-22-3)15(20)16-12-5-4-6-19(9-12)7-8-21-2/h10,12H,4-9,11H2,1-3H3,(H,16,20)/t12-/m0/s1. The highest BCUT2D eigenvalue weighted by Gasteiger charge is 2.23. The van der Waals surface area contributed by atoms with Crippen LogP contribution in [0.3, 0.4) is 0 Å². The highest BCUT2D eigenvalue weighted by Crippen LogP contribution is 2.12. The summed E-state index contributed by atoms with van der Waals surface area (Å²) in [6, 6.07) is 0.175. The molecular formula is C15H26N4O3. The van der Waals surface area contributed by atoms with Crippen molar-refractivity contribution >= 4 is 5.91 Å². The monoisotopic (exact) mass is 310 g/mol. The van der Waals surface area contributed by atoms with Crippen LogP contribution in [-0.4, -0.2) is 67.1 Å². The van der Waals surface area contributed by atoms with Gasteiger partial charge in [-0.15, -0.1) is 0 Å². The minimum atomic E-state index is -0.0706. The van der Waals surface area contributed by atoms with Crippen molar-refractivity contribution in [2.24, 2.45) is 7.05 Å². The van der Waals surface area contributed by atoms with Gasteiger partial charge in [0.15, 0.2) is 0 Å². The van der Waals surface area contributed by atoms with Crippen molar-refractivity contribution in [2.45, 2.75) is 25.5 Å². The van der Waals surface area contributed by atoms with Crippen LogP contribution >= 0.6 is 0 Å². The maximum absolute atomic E-state index is 12.5. The Kier molecular flexibility index (Phi) is 6.35. The van der Waals surface area contributed by atoms with Crippen molar-refractivity contribution in [1.82, 2.24) is 20.0 Å². The number of piperidine rings is 1. The van der Waals surface area contributed by atoms with E-state index in [1.165, 1.54) is 0 Å². The SMILES string of the molecule is COCCN1CCC[C@H](NC(=O)c2cn(C)nc2COC)C1. The number of aryl methyl sites for hydroxylation is 1. The van der Waals surface area contributed by atoms with Crippen LogP contribution < -0.4 is 5.32 Å². The molecule has 0 aliphatic carbocycles. The predicted molar refractivity (Wildman–Crippen MR) is 82.7 cm³/mol. The number of nitrogens with one attached hydrogen (secondary N) is 1. The molecule has 0 bridgehead atoms. The number of rotatable bonds is 7. The number of likely N-dealkylation sites (tertiary alicyclic amines) is 1. The lowest BCUT2D eigenvalue weighted by Crippen LogP contribution is -2.48. The van der Waals surface area contributed by atoms with Crippen molar-refractivity contribution in [3.63, 3.8) is 0 Å². The molecule has 0 unspecified atom stereocenters. The molecule has 1 aromatic heterocycles. The molecule has 7 heteroatoms. The van der Waals surface area contributed by atoms with Crippen LogP contribution in [0.4, 0.5) is 0 Å². The van der Waals surface area contributed by atoms with E-state index in [2.05, 4.69) is 15.3 Å². The second-order valence-electron chi connectivity index (χ2n) is 5.70. The molecule has 0 saturated carbocycles. The van der Waals surface area contributed by atoms with Gasteiger partial charge in [-0.1, -0.05) is 0 Å². The zero-order chi connectivity index (χ0) is 15.9. The van der Waals surface area contributed by atoms with Gasteiger partial charge in [0, 0.05) is 46.6 Å². The largest absolute Gasteiger partial charge is 0.383 e. The number of amides is 1. The summed E-state index contributed by atoms with van der Waals surface area (Å²) in [4.78, 5) is 14.8. The number of nitrogens with zero attached hydrogens (tertiary/aromatic N) is 3. The fourth-order valence-corrected chi connectivity index (χ4v) is 2.83. The number of ether oxygens (including phenoxy) is 2. The zero-order valence-electron chi connectivity index (χ0n) is 13.7. The van der Waals surface area contributed by atoms with E-state index in [0.29, 0.717) is 17.9 Å². The number of carbonyl (C=O) groups is 1. The molecule has 0 aromatic carbocycles. The molecule has 2 heterocycles. The smallest absolute Gasteiger partial charge is 0.255 e. The van der Waals surface area contributed by atoms with E-state index in [1.54, 1.807) is 25.1 Å². The fourth-order valence-electron chi connectivity index (χ4n) is 2.83. The summed E-state index contributed by atoms with van der Waals surface area (Å²) in [7, 11) is 5.12. The van der Waals surface area contributed by atoms with Gasteiger partial charge in [-0.2, -0.15) is 5.10 Å². The number of aromatic nitrogens is 2. The summed E-state index contributed by atoms with van der Waals surface area (Å²) in [6.07, 6.45) is 3.84. The van der Waals surface area contributed by atoms with E-state index in [9.17, 15) is 4.79 Å². The Labute approximate surface area is 131 Å². The average molecular weight is 310 g/mol. The Bertz CT molecular complexity index is 489. The van der Waals surface area contributed by atoms with Gasteiger partial charge in [-0.3, -0.25) is 14.4 Å². The van der Waals surface area contributed by atoms with Crippen LogP contribution in [0.5, 0.6) is 0 Å². The molecule has 22 heavy (non-hydrogen) atoms. The second-order valence-corrected chi connectivity index (χ2v) is 5.70. The van der Waals surface area contributed by atoms with E-state index >= 15 is 0 Å². The Balaban J connectivity index is 1.93. The van der Waals surface area contributed by atoms with Gasteiger partial charge in [0.2, 0.25) is 0 Å². The molecule has 0 spiro atoms. The van der Waals surface area contributed by atoms with E-state index in [-0.39, 0.29) is 11.9 Å². The predicted octanol–water partition coefficient (Wildman–Crippen LogP) is 0.407. The lowest BCUT2D eigenvalue weighted by atomic mass is 10.1. The highest BCUT2D eigenvalue weighted by atomic mass is 16.5. The van der Waals surface area contributed by atoms with Crippen molar-refractivity contribution in [3.8, 4) is 0 Å². The van der Waals surface area contributed by atoms with Crippen LogP contribution in [0.2, 0.25) is 0 Å². The fraction of sp³-hybridized carbons (Fsp3) is 0.733. The summed E-state index contributed by atoms with van der Waals surface area (Å²) in [6.45, 7) is 3.91. The molecule has 1 saturated heterocycles. The Morgan fingerprint density at radius 3 is 3.00 bits per heavy atom. The molecule has 1 aliphatic heterocycles. The topological polar surface area (TPSA) is 68.6 Å². The van der Waals surface area contributed by atoms with Gasteiger partial charge in [0.25, 0.3) is 5.91 Å². The van der Waals surface area contributed by atoms with Crippen molar-refractivity contribution in [1.29, 1.82) is 0 Å². The first-order chi connectivity index (χ1) is 10.6. The van der Waals surface area contributed by atoms with Gasteiger partial charge < -0.3 is 14.8 Å². The summed E-state index contributed by atoms with van der Waals surface area (Å²) in [5, 5.41) is 7.40. The molecule has 1 fully saturated rings. The Hall–Kier alpha value is -1.44. The van der Waals surface area contributed by atoms with Crippen LogP contribution in [0.15, 0.2) is 6.20 Å². The first-order valence-electron chi connectivity index (χ1n) is 7.67. The van der Waals surface area contributed by atoms with E-state index in [4.69, 9.17) is 9.47 Å². The van der Waals surface area contributed by atoms with Crippen molar-refractivity contribution in [2.75, 3.05) is 40.5 Å². The van der Waals surface area contributed by atoms with Crippen molar-refractivity contribution < 1.29 is 14.3 Å². The lowest BCUT2D eigenvalue weighted by Gasteiger charge is -2.32. The Morgan fingerprint density at radius 1 is 1.45 bits per heavy atom. The van der Waals surface area contributed by atoms with E-state index < -0.39 is 0 Å². The maximum atomic E-state index is 12.5. The van der Waals surface area contributed by atoms with Crippen LogP contribution in [0.1, 0.15) is 28.9 Å². The molecular weight excluding hydrogens is 284 g/mol. The van der Waals surface area contributed by atoms with Gasteiger partial charge in [-0.05, 0) is 19.4 Å². The third-order valence-corrected chi connectivity index (χ3v) is 3.88. The lowest BCUT2D eigenvalue weighted by molar-refractivity contribution is 0.0874. The third kappa shape index (κ3) is 4.53. The maximum Gasteiger partial charge on any atom is 0.255 e. The van der Waals surface area contributed by atoms with Gasteiger partial charge in [0.05, 0.1) is 18.8 Å². The van der Waals surface area contributed by atoms with Crippen LogP contribution in [0.25, 0.3) is 0 Å².